The lowest BCUT2D eigenvalue weighted by Crippen LogP contribution is -2.51. The van der Waals surface area contributed by atoms with Gasteiger partial charge in [-0.25, -0.2) is 0 Å². The predicted molar refractivity (Wildman–Crippen MR) is 78.5 cm³/mol. The molecule has 1 fully saturated rings. The summed E-state index contributed by atoms with van der Waals surface area (Å²) in [6.45, 7) is 8.64. The maximum atomic E-state index is 11.9. The van der Waals surface area contributed by atoms with Crippen LogP contribution in [0.5, 0.6) is 0 Å². The third-order valence-corrected chi connectivity index (χ3v) is 3.61. The first kappa shape index (κ1) is 17.4. The van der Waals surface area contributed by atoms with Crippen LogP contribution in [0.2, 0.25) is 0 Å². The summed E-state index contributed by atoms with van der Waals surface area (Å²) in [6.07, 6.45) is 0.500. The highest BCUT2D eigenvalue weighted by atomic mass is 16.5. The lowest BCUT2D eigenvalue weighted by Gasteiger charge is -2.35. The topological polar surface area (TPSA) is 76.8 Å². The van der Waals surface area contributed by atoms with E-state index in [0.29, 0.717) is 18.5 Å². The number of rotatable bonds is 8. The molecule has 1 heterocycles. The first-order valence-corrected chi connectivity index (χ1v) is 7.40. The molecule has 2 atom stereocenters. The van der Waals surface area contributed by atoms with Crippen molar-refractivity contribution < 1.29 is 14.3 Å². The first-order valence-electron chi connectivity index (χ1n) is 7.40. The molecular formula is C14H29N3O3. The highest BCUT2D eigenvalue weighted by Crippen LogP contribution is 2.13. The minimum absolute atomic E-state index is 0.128. The van der Waals surface area contributed by atoms with Gasteiger partial charge in [-0.3, -0.25) is 9.69 Å². The van der Waals surface area contributed by atoms with Crippen LogP contribution >= 0.6 is 0 Å². The van der Waals surface area contributed by atoms with E-state index in [1.807, 2.05) is 0 Å². The Kier molecular flexibility index (Phi) is 8.06. The largest absolute Gasteiger partial charge is 0.379 e. The van der Waals surface area contributed by atoms with Gasteiger partial charge in [0.05, 0.1) is 13.2 Å². The van der Waals surface area contributed by atoms with Gasteiger partial charge in [0.25, 0.3) is 0 Å². The summed E-state index contributed by atoms with van der Waals surface area (Å²) in [5.74, 6) is 0.462. The highest BCUT2D eigenvalue weighted by molar-refractivity contribution is 5.81. The SMILES string of the molecule is COC(CN)C(=O)NCC(CC(C)C)N1CCOCC1. The molecule has 2 unspecified atom stereocenters. The van der Waals surface area contributed by atoms with Crippen LogP contribution in [0.3, 0.4) is 0 Å². The Morgan fingerprint density at radius 3 is 2.55 bits per heavy atom. The maximum absolute atomic E-state index is 11.9. The summed E-state index contributed by atoms with van der Waals surface area (Å²) in [4.78, 5) is 14.3. The third-order valence-electron chi connectivity index (χ3n) is 3.61. The lowest BCUT2D eigenvalue weighted by atomic mass is 10.0. The van der Waals surface area contributed by atoms with Crippen molar-refractivity contribution in [1.29, 1.82) is 0 Å². The van der Waals surface area contributed by atoms with Crippen molar-refractivity contribution in [3.05, 3.63) is 0 Å². The minimum atomic E-state index is -0.556. The Bertz CT molecular complexity index is 277. The van der Waals surface area contributed by atoms with Crippen LogP contribution in [0.15, 0.2) is 0 Å². The second kappa shape index (κ2) is 9.28. The summed E-state index contributed by atoms with van der Waals surface area (Å²) in [7, 11) is 1.50. The molecule has 20 heavy (non-hydrogen) atoms. The Balaban J connectivity index is 2.49. The van der Waals surface area contributed by atoms with Crippen LogP contribution in [0.4, 0.5) is 0 Å². The zero-order chi connectivity index (χ0) is 15.0. The van der Waals surface area contributed by atoms with Crippen molar-refractivity contribution in [2.75, 3.05) is 46.5 Å². The Labute approximate surface area is 122 Å². The van der Waals surface area contributed by atoms with Crippen LogP contribution < -0.4 is 11.1 Å². The molecule has 3 N–H and O–H groups in total. The van der Waals surface area contributed by atoms with Gasteiger partial charge in [0.2, 0.25) is 5.91 Å². The Morgan fingerprint density at radius 2 is 2.05 bits per heavy atom. The van der Waals surface area contributed by atoms with Crippen molar-refractivity contribution >= 4 is 5.91 Å². The number of carbonyl (C=O) groups excluding carboxylic acids is 1. The van der Waals surface area contributed by atoms with E-state index >= 15 is 0 Å². The van der Waals surface area contributed by atoms with Crippen molar-refractivity contribution in [2.24, 2.45) is 11.7 Å². The van der Waals surface area contributed by atoms with E-state index in [0.717, 1.165) is 32.7 Å². The molecule has 1 aliphatic rings. The molecule has 0 aliphatic carbocycles. The quantitative estimate of drug-likeness (QED) is 0.648. The average Bonchev–Trinajstić information content (AvgIpc) is 2.45. The van der Waals surface area contributed by atoms with Gasteiger partial charge in [-0.1, -0.05) is 13.8 Å². The van der Waals surface area contributed by atoms with Gasteiger partial charge in [0.15, 0.2) is 0 Å². The fourth-order valence-electron chi connectivity index (χ4n) is 2.49. The number of amides is 1. The van der Waals surface area contributed by atoms with Crippen molar-refractivity contribution in [3.63, 3.8) is 0 Å². The monoisotopic (exact) mass is 287 g/mol. The van der Waals surface area contributed by atoms with Gasteiger partial charge < -0.3 is 20.5 Å². The van der Waals surface area contributed by atoms with Gasteiger partial charge >= 0.3 is 0 Å². The third kappa shape index (κ3) is 5.75. The fourth-order valence-corrected chi connectivity index (χ4v) is 2.49. The maximum Gasteiger partial charge on any atom is 0.250 e. The summed E-state index contributed by atoms with van der Waals surface area (Å²) >= 11 is 0. The van der Waals surface area contributed by atoms with E-state index in [4.69, 9.17) is 15.2 Å². The van der Waals surface area contributed by atoms with Gasteiger partial charge in [-0.05, 0) is 12.3 Å². The normalized spacial score (nSPS) is 19.9. The number of nitrogens with zero attached hydrogens (tertiary/aromatic N) is 1. The van der Waals surface area contributed by atoms with Crippen LogP contribution in [0.1, 0.15) is 20.3 Å². The molecule has 118 valence electrons. The molecule has 1 saturated heterocycles. The first-order chi connectivity index (χ1) is 9.58. The second-order valence-electron chi connectivity index (χ2n) is 5.64. The molecular weight excluding hydrogens is 258 g/mol. The number of nitrogens with one attached hydrogen (secondary N) is 1. The van der Waals surface area contributed by atoms with Crippen molar-refractivity contribution in [3.8, 4) is 0 Å². The van der Waals surface area contributed by atoms with E-state index in [9.17, 15) is 4.79 Å². The molecule has 0 aromatic carbocycles. The average molecular weight is 287 g/mol. The second-order valence-corrected chi connectivity index (χ2v) is 5.64. The van der Waals surface area contributed by atoms with Gasteiger partial charge in [0, 0.05) is 39.3 Å². The zero-order valence-electron chi connectivity index (χ0n) is 12.9. The van der Waals surface area contributed by atoms with Crippen LogP contribution in [-0.4, -0.2) is 69.5 Å². The van der Waals surface area contributed by atoms with Crippen LogP contribution in [0.25, 0.3) is 0 Å². The number of hydrogen-bond acceptors (Lipinski definition) is 5. The van der Waals surface area contributed by atoms with Crippen LogP contribution in [0, 0.1) is 5.92 Å². The molecule has 1 aliphatic heterocycles. The fraction of sp³-hybridized carbons (Fsp3) is 0.929. The van der Waals surface area contributed by atoms with Crippen molar-refractivity contribution in [1.82, 2.24) is 10.2 Å². The minimum Gasteiger partial charge on any atom is -0.379 e. The predicted octanol–water partition coefficient (Wildman–Crippen LogP) is -0.177. The van der Waals surface area contributed by atoms with Crippen molar-refractivity contribution in [2.45, 2.75) is 32.4 Å². The number of morpholine rings is 1. The molecule has 0 bridgehead atoms. The van der Waals surface area contributed by atoms with Gasteiger partial charge in [-0.2, -0.15) is 0 Å². The standard InChI is InChI=1S/C14H29N3O3/c1-11(2)8-12(17-4-6-20-7-5-17)10-16-14(18)13(9-15)19-3/h11-13H,4-10,15H2,1-3H3,(H,16,18). The number of hydrogen-bond donors (Lipinski definition) is 2. The van der Waals surface area contributed by atoms with E-state index in [-0.39, 0.29) is 12.5 Å². The molecule has 0 aromatic heterocycles. The Morgan fingerprint density at radius 1 is 1.40 bits per heavy atom. The smallest absolute Gasteiger partial charge is 0.250 e. The molecule has 6 nitrogen and oxygen atoms in total. The van der Waals surface area contributed by atoms with E-state index in [1.54, 1.807) is 0 Å². The summed E-state index contributed by atoms with van der Waals surface area (Å²) < 4.78 is 10.4. The lowest BCUT2D eigenvalue weighted by molar-refractivity contribution is -0.130. The number of methoxy groups -OCH3 is 1. The van der Waals surface area contributed by atoms with E-state index in [2.05, 4.69) is 24.1 Å². The molecule has 6 heteroatoms. The molecule has 0 saturated carbocycles. The number of ether oxygens (including phenoxy) is 2. The molecule has 1 rings (SSSR count). The molecule has 0 radical (unpaired) electrons. The summed E-state index contributed by atoms with van der Waals surface area (Å²) in [6, 6.07) is 0.345. The Hall–Kier alpha value is -0.690. The molecule has 1 amide bonds. The van der Waals surface area contributed by atoms with Gasteiger partial charge in [0.1, 0.15) is 6.10 Å². The van der Waals surface area contributed by atoms with Crippen LogP contribution in [-0.2, 0) is 14.3 Å². The van der Waals surface area contributed by atoms with E-state index in [1.165, 1.54) is 7.11 Å². The summed E-state index contributed by atoms with van der Waals surface area (Å²) in [5, 5.41) is 2.96. The van der Waals surface area contributed by atoms with E-state index < -0.39 is 6.10 Å². The summed E-state index contributed by atoms with van der Waals surface area (Å²) in [5.41, 5.74) is 5.50. The van der Waals surface area contributed by atoms with Gasteiger partial charge in [-0.15, -0.1) is 0 Å². The molecule has 0 spiro atoms. The molecule has 0 aromatic rings. The number of nitrogens with two attached hydrogens (primary N) is 1. The zero-order valence-corrected chi connectivity index (χ0v) is 12.9. The highest BCUT2D eigenvalue weighted by Gasteiger charge is 2.23. The number of carbonyl (C=O) groups is 1.